The van der Waals surface area contributed by atoms with E-state index in [0.717, 1.165) is 31.3 Å². The molecule has 0 aromatic rings. The Morgan fingerprint density at radius 1 is 0.680 bits per heavy atom. The third kappa shape index (κ3) is 80.9. The highest BCUT2D eigenvalue weighted by atomic mass is 14.5. The molecule has 0 amide bonds. The fraction of sp³-hybridized carbons (Fsp3) is 1.00. The monoisotopic (exact) mass is 362 g/mol. The van der Waals surface area contributed by atoms with Gasteiger partial charge in [0, 0.05) is 0 Å². The van der Waals surface area contributed by atoms with E-state index in [0.29, 0.717) is 5.41 Å². The van der Waals surface area contributed by atoms with Crippen LogP contribution in [0.15, 0.2) is 0 Å². The van der Waals surface area contributed by atoms with Crippen molar-refractivity contribution in [3.05, 3.63) is 0 Å². The van der Waals surface area contributed by atoms with E-state index in [4.69, 9.17) is 11.5 Å². The first kappa shape index (κ1) is 35.9. The highest BCUT2D eigenvalue weighted by Gasteiger charge is 2.06. The Bertz CT molecular complexity index is 157. The smallest absolute Gasteiger partial charge is 0.00723 e. The first-order valence-electron chi connectivity index (χ1n) is 11.0. The summed E-state index contributed by atoms with van der Waals surface area (Å²) in [6, 6.07) is 0. The molecule has 0 saturated heterocycles. The van der Waals surface area contributed by atoms with Crippen LogP contribution in [0.2, 0.25) is 0 Å². The van der Waals surface area contributed by atoms with Crippen LogP contribution in [0.4, 0.5) is 0 Å². The maximum Gasteiger partial charge on any atom is -0.00723 e. The molecular formula is C23H58N2. The first-order chi connectivity index (χ1) is 11.6. The topological polar surface area (TPSA) is 52.0 Å². The van der Waals surface area contributed by atoms with Crippen molar-refractivity contribution in [2.75, 3.05) is 13.1 Å². The van der Waals surface area contributed by atoms with E-state index in [1.807, 2.05) is 27.7 Å². The molecule has 0 saturated carbocycles. The minimum Gasteiger partial charge on any atom is -0.330 e. The van der Waals surface area contributed by atoms with Gasteiger partial charge >= 0.3 is 0 Å². The summed E-state index contributed by atoms with van der Waals surface area (Å²) in [6.07, 6.45) is 7.72. The third-order valence-electron chi connectivity index (χ3n) is 3.01. The second-order valence-corrected chi connectivity index (χ2v) is 7.96. The molecule has 0 aliphatic carbocycles. The summed E-state index contributed by atoms with van der Waals surface area (Å²) >= 11 is 0. The van der Waals surface area contributed by atoms with Crippen molar-refractivity contribution in [3.8, 4) is 0 Å². The van der Waals surface area contributed by atoms with E-state index in [1.165, 1.54) is 32.1 Å². The second kappa shape index (κ2) is 31.7. The number of hydrogen-bond acceptors (Lipinski definition) is 2. The lowest BCUT2D eigenvalue weighted by atomic mass is 9.93. The zero-order valence-electron chi connectivity index (χ0n) is 20.5. The van der Waals surface area contributed by atoms with E-state index in [2.05, 4.69) is 55.4 Å². The summed E-state index contributed by atoms with van der Waals surface area (Å²) in [6.45, 7) is 27.5. The second-order valence-electron chi connectivity index (χ2n) is 7.96. The predicted octanol–water partition coefficient (Wildman–Crippen LogP) is 7.65. The molecule has 160 valence electrons. The van der Waals surface area contributed by atoms with Gasteiger partial charge in [0.25, 0.3) is 0 Å². The van der Waals surface area contributed by atoms with E-state index in [-0.39, 0.29) is 0 Å². The van der Waals surface area contributed by atoms with E-state index in [9.17, 15) is 0 Å². The van der Waals surface area contributed by atoms with Crippen molar-refractivity contribution in [2.24, 2.45) is 28.7 Å². The molecule has 0 radical (unpaired) electrons. The lowest BCUT2D eigenvalue weighted by Crippen LogP contribution is -2.12. The fourth-order valence-electron chi connectivity index (χ4n) is 1.57. The summed E-state index contributed by atoms with van der Waals surface area (Å²) < 4.78 is 0. The third-order valence-corrected chi connectivity index (χ3v) is 3.01. The van der Waals surface area contributed by atoms with Crippen LogP contribution in [0, 0.1) is 17.3 Å². The zero-order chi connectivity index (χ0) is 21.3. The lowest BCUT2D eigenvalue weighted by molar-refractivity contribution is 0.385. The van der Waals surface area contributed by atoms with Gasteiger partial charge in [0.05, 0.1) is 0 Å². The Kier molecular flexibility index (Phi) is 45.5. The number of hydrogen-bond donors (Lipinski definition) is 2. The molecule has 0 heterocycles. The average Bonchev–Trinajstić information content (AvgIpc) is 2.54. The van der Waals surface area contributed by atoms with Gasteiger partial charge in [-0.3, -0.25) is 0 Å². The maximum absolute atomic E-state index is 5.31. The van der Waals surface area contributed by atoms with Gasteiger partial charge < -0.3 is 11.5 Å². The van der Waals surface area contributed by atoms with Gasteiger partial charge in [0.15, 0.2) is 0 Å². The SMILES string of the molecule is CC.CC.CC(C)(C)CCN.CC(C)CCCN.CCCCC(C)C. The van der Waals surface area contributed by atoms with Gasteiger partial charge in [-0.15, -0.1) is 0 Å². The van der Waals surface area contributed by atoms with Gasteiger partial charge in [-0.2, -0.15) is 0 Å². The zero-order valence-corrected chi connectivity index (χ0v) is 20.5. The van der Waals surface area contributed by atoms with Crippen molar-refractivity contribution in [2.45, 2.75) is 122 Å². The largest absolute Gasteiger partial charge is 0.330 e. The standard InChI is InChI=1S/C7H16.2C6H15N.2C2H6/c1-4-5-6-7(2)3;1-6(2,3)4-5-7;1-6(2)4-3-5-7;2*1-2/h7H,4-6H2,1-3H3;4-5,7H2,1-3H3;6H,3-5,7H2,1-2H3;2*1-2H3. The summed E-state index contributed by atoms with van der Waals surface area (Å²) in [5.41, 5.74) is 11.0. The molecule has 0 rings (SSSR count). The Morgan fingerprint density at radius 3 is 1.12 bits per heavy atom. The molecule has 4 N–H and O–H groups in total. The molecule has 0 fully saturated rings. The van der Waals surface area contributed by atoms with Crippen molar-refractivity contribution in [1.82, 2.24) is 0 Å². The van der Waals surface area contributed by atoms with Crippen LogP contribution in [0.1, 0.15) is 122 Å². The average molecular weight is 363 g/mol. The van der Waals surface area contributed by atoms with Gasteiger partial charge in [-0.05, 0) is 49.6 Å². The van der Waals surface area contributed by atoms with Crippen LogP contribution in [0.3, 0.4) is 0 Å². The summed E-state index contributed by atoms with van der Waals surface area (Å²) in [5.74, 6) is 1.73. The van der Waals surface area contributed by atoms with Crippen LogP contribution < -0.4 is 11.5 Å². The summed E-state index contributed by atoms with van der Waals surface area (Å²) in [7, 11) is 0. The molecule has 2 nitrogen and oxygen atoms in total. The van der Waals surface area contributed by atoms with Crippen molar-refractivity contribution in [1.29, 1.82) is 0 Å². The lowest BCUT2D eigenvalue weighted by Gasteiger charge is -2.15. The Morgan fingerprint density at radius 2 is 1.04 bits per heavy atom. The number of unbranched alkanes of at least 4 members (excludes halogenated alkanes) is 1. The molecular weight excluding hydrogens is 304 g/mol. The molecule has 25 heavy (non-hydrogen) atoms. The summed E-state index contributed by atoms with van der Waals surface area (Å²) in [5, 5.41) is 0. The Hall–Kier alpha value is -0.0800. The molecule has 0 aromatic carbocycles. The minimum atomic E-state index is 0.425. The van der Waals surface area contributed by atoms with Gasteiger partial charge in [-0.25, -0.2) is 0 Å². The van der Waals surface area contributed by atoms with Crippen molar-refractivity contribution >= 4 is 0 Å². The molecule has 2 heteroatoms. The van der Waals surface area contributed by atoms with Crippen molar-refractivity contribution in [3.63, 3.8) is 0 Å². The molecule has 0 atom stereocenters. The number of nitrogens with two attached hydrogens (primary N) is 2. The fourth-order valence-corrected chi connectivity index (χ4v) is 1.57. The molecule has 0 unspecified atom stereocenters. The summed E-state index contributed by atoms with van der Waals surface area (Å²) in [4.78, 5) is 0. The van der Waals surface area contributed by atoms with Gasteiger partial charge in [0.1, 0.15) is 0 Å². The van der Waals surface area contributed by atoms with E-state index in [1.54, 1.807) is 0 Å². The van der Waals surface area contributed by atoms with E-state index < -0.39 is 0 Å². The van der Waals surface area contributed by atoms with Gasteiger partial charge in [0.2, 0.25) is 0 Å². The highest BCUT2D eigenvalue weighted by molar-refractivity contribution is 4.60. The van der Waals surface area contributed by atoms with Crippen molar-refractivity contribution < 1.29 is 0 Å². The van der Waals surface area contributed by atoms with Crippen LogP contribution in [-0.2, 0) is 0 Å². The molecule has 0 bridgehead atoms. The van der Waals surface area contributed by atoms with E-state index >= 15 is 0 Å². The predicted molar refractivity (Wildman–Crippen MR) is 123 cm³/mol. The molecule has 0 aliphatic rings. The first-order valence-corrected chi connectivity index (χ1v) is 11.0. The van der Waals surface area contributed by atoms with Crippen LogP contribution in [0.5, 0.6) is 0 Å². The molecule has 0 aliphatic heterocycles. The Labute approximate surface area is 163 Å². The minimum absolute atomic E-state index is 0.425. The quantitative estimate of drug-likeness (QED) is 0.488. The maximum atomic E-state index is 5.31. The van der Waals surface area contributed by atoms with Crippen LogP contribution >= 0.6 is 0 Å². The molecule has 0 spiro atoms. The number of rotatable bonds is 7. The highest BCUT2D eigenvalue weighted by Crippen LogP contribution is 2.16. The van der Waals surface area contributed by atoms with Crippen LogP contribution in [0.25, 0.3) is 0 Å². The normalized spacial score (nSPS) is 9.60. The van der Waals surface area contributed by atoms with Gasteiger partial charge in [-0.1, -0.05) is 102 Å². The molecule has 0 aromatic heterocycles. The van der Waals surface area contributed by atoms with Crippen LogP contribution in [-0.4, -0.2) is 13.1 Å². The Balaban J connectivity index is -0.0000000725.